The summed E-state index contributed by atoms with van der Waals surface area (Å²) in [5, 5.41) is 2.77. The molecule has 0 bridgehead atoms. The van der Waals surface area contributed by atoms with Crippen LogP contribution in [0.4, 0.5) is 4.39 Å². The van der Waals surface area contributed by atoms with Gasteiger partial charge in [0.2, 0.25) is 0 Å². The average molecular weight is 348 g/mol. The molecule has 1 amide bonds. The Labute approximate surface area is 128 Å². The molecule has 2 aromatic heterocycles. The van der Waals surface area contributed by atoms with Gasteiger partial charge >= 0.3 is 0 Å². The lowest BCUT2D eigenvalue weighted by Gasteiger charge is -2.05. The van der Waals surface area contributed by atoms with Crippen molar-refractivity contribution in [3.8, 4) is 0 Å². The van der Waals surface area contributed by atoms with Crippen molar-refractivity contribution in [2.45, 2.75) is 6.54 Å². The van der Waals surface area contributed by atoms with E-state index >= 15 is 0 Å². The number of fused-ring (bicyclic) bond motifs is 1. The van der Waals surface area contributed by atoms with Gasteiger partial charge in [-0.15, -0.1) is 0 Å². The summed E-state index contributed by atoms with van der Waals surface area (Å²) in [7, 11) is 0. The van der Waals surface area contributed by atoms with E-state index in [9.17, 15) is 9.18 Å². The summed E-state index contributed by atoms with van der Waals surface area (Å²) >= 11 is 3.18. The van der Waals surface area contributed by atoms with Gasteiger partial charge < -0.3 is 9.72 Å². The lowest BCUT2D eigenvalue weighted by molar-refractivity contribution is 0.0949. The Hall–Kier alpha value is -2.21. The molecule has 1 aromatic carbocycles. The third-order valence-corrected chi connectivity index (χ3v) is 3.68. The Balaban J connectivity index is 1.73. The van der Waals surface area contributed by atoms with Crippen LogP contribution < -0.4 is 5.32 Å². The van der Waals surface area contributed by atoms with E-state index < -0.39 is 5.82 Å². The number of rotatable bonds is 3. The summed E-state index contributed by atoms with van der Waals surface area (Å²) in [5.41, 5.74) is 1.97. The van der Waals surface area contributed by atoms with E-state index in [2.05, 4.69) is 26.2 Å². The molecular weight excluding hydrogens is 337 g/mol. The molecule has 0 radical (unpaired) electrons. The zero-order valence-corrected chi connectivity index (χ0v) is 12.5. The maximum absolute atomic E-state index is 13.0. The number of pyridine rings is 1. The molecule has 21 heavy (non-hydrogen) atoms. The molecule has 0 fully saturated rings. The van der Waals surface area contributed by atoms with Gasteiger partial charge in [0.15, 0.2) is 0 Å². The van der Waals surface area contributed by atoms with E-state index in [-0.39, 0.29) is 5.91 Å². The normalized spacial score (nSPS) is 10.8. The molecule has 0 unspecified atom stereocenters. The number of benzene rings is 1. The number of carbonyl (C=O) groups excluding carboxylic acids is 1. The van der Waals surface area contributed by atoms with Crippen LogP contribution in [0.3, 0.4) is 0 Å². The largest absolute Gasteiger partial charge is 0.346 e. The Morgan fingerprint density at radius 1 is 1.33 bits per heavy atom. The van der Waals surface area contributed by atoms with E-state index in [0.29, 0.717) is 16.6 Å². The van der Waals surface area contributed by atoms with Gasteiger partial charge in [0, 0.05) is 16.9 Å². The highest BCUT2D eigenvalue weighted by Crippen LogP contribution is 2.18. The zero-order chi connectivity index (χ0) is 14.8. The van der Waals surface area contributed by atoms with Crippen molar-refractivity contribution in [3.63, 3.8) is 0 Å². The van der Waals surface area contributed by atoms with Crippen molar-refractivity contribution in [1.82, 2.24) is 14.7 Å². The maximum atomic E-state index is 13.0. The molecule has 0 aliphatic rings. The van der Waals surface area contributed by atoms with Crippen LogP contribution in [0.25, 0.3) is 5.65 Å². The number of carbonyl (C=O) groups is 1. The monoisotopic (exact) mass is 347 g/mol. The minimum atomic E-state index is -0.390. The quantitative estimate of drug-likeness (QED) is 0.790. The SMILES string of the molecule is O=C(NCc1cn2ccccc2n1)c1ccc(F)cc1Br. The molecule has 0 spiro atoms. The number of hydrogen-bond donors (Lipinski definition) is 1. The number of nitrogens with one attached hydrogen (secondary N) is 1. The number of amides is 1. The van der Waals surface area contributed by atoms with Gasteiger partial charge in [0.1, 0.15) is 11.5 Å². The molecule has 3 aromatic rings. The zero-order valence-electron chi connectivity index (χ0n) is 10.9. The highest BCUT2D eigenvalue weighted by Gasteiger charge is 2.11. The molecule has 0 saturated carbocycles. The lowest BCUT2D eigenvalue weighted by atomic mass is 10.2. The smallest absolute Gasteiger partial charge is 0.252 e. The summed E-state index contributed by atoms with van der Waals surface area (Å²) in [4.78, 5) is 16.5. The molecular formula is C15H11BrFN3O. The van der Waals surface area contributed by atoms with E-state index in [4.69, 9.17) is 0 Å². The number of imidazole rings is 1. The maximum Gasteiger partial charge on any atom is 0.252 e. The molecule has 4 nitrogen and oxygen atoms in total. The van der Waals surface area contributed by atoms with E-state index in [1.54, 1.807) is 0 Å². The predicted molar refractivity (Wildman–Crippen MR) is 80.5 cm³/mol. The van der Waals surface area contributed by atoms with Crippen molar-refractivity contribution in [2.24, 2.45) is 0 Å². The number of halogens is 2. The molecule has 0 atom stereocenters. The van der Waals surface area contributed by atoms with Crippen LogP contribution in [0.2, 0.25) is 0 Å². The third kappa shape index (κ3) is 2.95. The molecule has 106 valence electrons. The van der Waals surface area contributed by atoms with Crippen LogP contribution in [0.15, 0.2) is 53.3 Å². The first-order chi connectivity index (χ1) is 10.1. The van der Waals surface area contributed by atoms with Crippen molar-refractivity contribution < 1.29 is 9.18 Å². The van der Waals surface area contributed by atoms with Crippen LogP contribution in [0, 0.1) is 5.82 Å². The van der Waals surface area contributed by atoms with E-state index in [1.807, 2.05) is 35.0 Å². The second kappa shape index (κ2) is 5.65. The van der Waals surface area contributed by atoms with Crippen molar-refractivity contribution >= 4 is 27.5 Å². The van der Waals surface area contributed by atoms with Gasteiger partial charge in [-0.2, -0.15) is 0 Å². The Kier molecular flexibility index (Phi) is 3.70. The number of nitrogens with zero attached hydrogens (tertiary/aromatic N) is 2. The van der Waals surface area contributed by atoms with E-state index in [0.717, 1.165) is 11.3 Å². The Bertz CT molecular complexity index is 783. The minimum absolute atomic E-state index is 0.279. The highest BCUT2D eigenvalue weighted by atomic mass is 79.9. The van der Waals surface area contributed by atoms with Gasteiger partial charge in [-0.1, -0.05) is 6.07 Å². The first-order valence-corrected chi connectivity index (χ1v) is 7.08. The summed E-state index contributed by atoms with van der Waals surface area (Å²) in [6.45, 7) is 0.310. The highest BCUT2D eigenvalue weighted by molar-refractivity contribution is 9.10. The van der Waals surface area contributed by atoms with Crippen molar-refractivity contribution in [3.05, 3.63) is 70.3 Å². The fourth-order valence-corrected chi connectivity index (χ4v) is 2.54. The summed E-state index contributed by atoms with van der Waals surface area (Å²) in [6.07, 6.45) is 3.75. The Morgan fingerprint density at radius 3 is 2.95 bits per heavy atom. The topological polar surface area (TPSA) is 46.4 Å². The van der Waals surface area contributed by atoms with Crippen LogP contribution in [-0.4, -0.2) is 15.3 Å². The molecule has 6 heteroatoms. The van der Waals surface area contributed by atoms with Crippen LogP contribution in [-0.2, 0) is 6.54 Å². The molecule has 0 aliphatic heterocycles. The molecule has 0 saturated heterocycles. The van der Waals surface area contributed by atoms with Gasteiger partial charge in [-0.05, 0) is 46.3 Å². The van der Waals surface area contributed by atoms with Crippen LogP contribution >= 0.6 is 15.9 Å². The average Bonchev–Trinajstić information content (AvgIpc) is 2.87. The van der Waals surface area contributed by atoms with Gasteiger partial charge in [0.25, 0.3) is 5.91 Å². The molecule has 3 rings (SSSR count). The number of hydrogen-bond acceptors (Lipinski definition) is 2. The van der Waals surface area contributed by atoms with Gasteiger partial charge in [0.05, 0.1) is 17.8 Å². The summed E-state index contributed by atoms with van der Waals surface area (Å²) in [5.74, 6) is -0.669. The van der Waals surface area contributed by atoms with E-state index in [1.165, 1.54) is 18.2 Å². The molecule has 0 aliphatic carbocycles. The predicted octanol–water partition coefficient (Wildman–Crippen LogP) is 3.17. The van der Waals surface area contributed by atoms with Gasteiger partial charge in [-0.3, -0.25) is 4.79 Å². The number of aromatic nitrogens is 2. The molecule has 1 N–H and O–H groups in total. The van der Waals surface area contributed by atoms with Crippen LogP contribution in [0.1, 0.15) is 16.1 Å². The Morgan fingerprint density at radius 2 is 2.19 bits per heavy atom. The second-order valence-electron chi connectivity index (χ2n) is 4.51. The van der Waals surface area contributed by atoms with Crippen LogP contribution in [0.5, 0.6) is 0 Å². The summed E-state index contributed by atoms with van der Waals surface area (Å²) < 4.78 is 15.3. The standard InChI is InChI=1S/C15H11BrFN3O/c16-13-7-10(17)4-5-12(13)15(21)18-8-11-9-20-6-2-1-3-14(20)19-11/h1-7,9H,8H2,(H,18,21). The first kappa shape index (κ1) is 13.8. The molecule has 2 heterocycles. The van der Waals surface area contributed by atoms with Crippen molar-refractivity contribution in [2.75, 3.05) is 0 Å². The van der Waals surface area contributed by atoms with Crippen molar-refractivity contribution in [1.29, 1.82) is 0 Å². The van der Waals surface area contributed by atoms with Gasteiger partial charge in [-0.25, -0.2) is 9.37 Å². The fraction of sp³-hybridized carbons (Fsp3) is 0.0667. The first-order valence-electron chi connectivity index (χ1n) is 6.29. The minimum Gasteiger partial charge on any atom is -0.346 e. The fourth-order valence-electron chi connectivity index (χ4n) is 2.01. The second-order valence-corrected chi connectivity index (χ2v) is 5.36. The summed E-state index contributed by atoms with van der Waals surface area (Å²) in [6, 6.07) is 9.66. The lowest BCUT2D eigenvalue weighted by Crippen LogP contribution is -2.23. The third-order valence-electron chi connectivity index (χ3n) is 3.02.